The second kappa shape index (κ2) is 4.51. The van der Waals surface area contributed by atoms with Gasteiger partial charge in [-0.2, -0.15) is 8.42 Å². The molecule has 0 spiro atoms. The molecule has 0 aromatic heterocycles. The Morgan fingerprint density at radius 2 is 1.91 bits per heavy atom. The number of hydrogen-bond donors (Lipinski definition) is 1. The van der Waals surface area contributed by atoms with Crippen LogP contribution in [0.15, 0.2) is 12.2 Å². The quantitative estimate of drug-likeness (QED) is 0.517. The van der Waals surface area contributed by atoms with Crippen molar-refractivity contribution in [2.45, 2.75) is 6.92 Å². The van der Waals surface area contributed by atoms with E-state index in [9.17, 15) is 13.2 Å². The zero-order valence-electron chi connectivity index (χ0n) is 5.60. The fourth-order valence-corrected chi connectivity index (χ4v) is 0.500. The third-order valence-electron chi connectivity index (χ3n) is 0.529. The van der Waals surface area contributed by atoms with Crippen molar-refractivity contribution >= 4 is 16.4 Å². The predicted molar refractivity (Wildman–Crippen MR) is 32.5 cm³/mol. The minimum Gasteiger partial charge on any atom is -0.321 e. The van der Waals surface area contributed by atoms with Crippen LogP contribution in [0.5, 0.6) is 0 Å². The van der Waals surface area contributed by atoms with Crippen molar-refractivity contribution in [2.24, 2.45) is 0 Å². The van der Waals surface area contributed by atoms with E-state index < -0.39 is 16.4 Å². The van der Waals surface area contributed by atoms with Crippen LogP contribution in [0.1, 0.15) is 6.92 Å². The Hall–Kier alpha value is -0.348. The molecule has 1 N–H and O–H groups in total. The molecular weight excluding hydrogens is 212 g/mol. The van der Waals surface area contributed by atoms with Crippen LogP contribution in [0.25, 0.3) is 0 Å². The van der Waals surface area contributed by atoms with E-state index in [4.69, 9.17) is 4.55 Å². The molecule has 0 saturated carbocycles. The largest absolute Gasteiger partial charge is 0.449 e. The van der Waals surface area contributed by atoms with Gasteiger partial charge in [-0.25, -0.2) is 4.79 Å². The average Bonchev–Trinajstić information content (AvgIpc) is 1.60. The summed E-state index contributed by atoms with van der Waals surface area (Å²) in [5, 5.41) is 0. The van der Waals surface area contributed by atoms with Gasteiger partial charge in [0.25, 0.3) is 0 Å². The van der Waals surface area contributed by atoms with Crippen LogP contribution in [0.2, 0.25) is 0 Å². The van der Waals surface area contributed by atoms with Gasteiger partial charge in [0.05, 0.1) is 0 Å². The van der Waals surface area contributed by atoms with Gasteiger partial charge >= 0.3 is 16.4 Å². The van der Waals surface area contributed by atoms with E-state index in [0.29, 0.717) is 0 Å². The van der Waals surface area contributed by atoms with Crippen LogP contribution in [0, 0.1) is 0 Å². The first kappa shape index (κ1) is 13.3. The Balaban J connectivity index is 0. The molecule has 0 heterocycles. The van der Waals surface area contributed by atoms with E-state index in [2.05, 4.69) is 10.8 Å². The zero-order chi connectivity index (χ0) is 8.36. The number of hydrogen-bond acceptors (Lipinski definition) is 4. The SMILES string of the molecule is C=C(C)C(=O)OS(=O)(=O)O.[Cr]. The van der Waals surface area contributed by atoms with Gasteiger partial charge in [0, 0.05) is 22.9 Å². The summed E-state index contributed by atoms with van der Waals surface area (Å²) in [6, 6.07) is 0. The molecule has 64 valence electrons. The van der Waals surface area contributed by atoms with E-state index in [1.165, 1.54) is 6.92 Å². The Morgan fingerprint density at radius 3 is 2.00 bits per heavy atom. The van der Waals surface area contributed by atoms with Gasteiger partial charge in [-0.3, -0.25) is 4.55 Å². The third-order valence-corrected chi connectivity index (χ3v) is 0.891. The van der Waals surface area contributed by atoms with E-state index >= 15 is 0 Å². The van der Waals surface area contributed by atoms with E-state index in [1.807, 2.05) is 0 Å². The fourth-order valence-electron chi connectivity index (χ4n) is 0.167. The molecule has 0 aliphatic carbocycles. The molecule has 0 rings (SSSR count). The standard InChI is InChI=1S/C4H6O5S.Cr/c1-3(2)4(5)9-10(6,7)8;/h1H2,2H3,(H,6,7,8);. The Bertz CT molecular complexity index is 254. The van der Waals surface area contributed by atoms with Crippen LogP contribution in [0.3, 0.4) is 0 Å². The van der Waals surface area contributed by atoms with Crippen molar-refractivity contribution < 1.29 is 39.3 Å². The van der Waals surface area contributed by atoms with Crippen LogP contribution in [0.4, 0.5) is 0 Å². The van der Waals surface area contributed by atoms with Crippen molar-refractivity contribution in [1.82, 2.24) is 0 Å². The van der Waals surface area contributed by atoms with Gasteiger partial charge in [0.2, 0.25) is 0 Å². The first-order chi connectivity index (χ1) is 4.33. The maximum Gasteiger partial charge on any atom is 0.449 e. The summed E-state index contributed by atoms with van der Waals surface area (Å²) in [6.45, 7) is 4.35. The molecule has 0 bridgehead atoms. The second-order valence-electron chi connectivity index (χ2n) is 1.58. The van der Waals surface area contributed by atoms with Crippen LogP contribution in [-0.4, -0.2) is 18.9 Å². The Labute approximate surface area is 75.1 Å². The van der Waals surface area contributed by atoms with Crippen LogP contribution >= 0.6 is 0 Å². The summed E-state index contributed by atoms with van der Waals surface area (Å²) >= 11 is 0. The van der Waals surface area contributed by atoms with E-state index in [0.717, 1.165) is 0 Å². The van der Waals surface area contributed by atoms with Gasteiger partial charge in [0.1, 0.15) is 0 Å². The fraction of sp³-hybridized carbons (Fsp3) is 0.250. The topological polar surface area (TPSA) is 80.7 Å². The molecule has 11 heavy (non-hydrogen) atoms. The molecule has 0 amide bonds. The zero-order valence-corrected chi connectivity index (χ0v) is 7.70. The molecule has 0 atom stereocenters. The molecule has 7 heteroatoms. The average molecular weight is 218 g/mol. The molecule has 0 fully saturated rings. The number of rotatable bonds is 2. The summed E-state index contributed by atoms with van der Waals surface area (Å²) in [6.07, 6.45) is 0. The molecule has 0 unspecified atom stereocenters. The Kier molecular flexibility index (Phi) is 5.44. The van der Waals surface area contributed by atoms with Crippen molar-refractivity contribution in [3.05, 3.63) is 12.2 Å². The second-order valence-corrected chi connectivity index (χ2v) is 2.60. The summed E-state index contributed by atoms with van der Waals surface area (Å²) in [5.74, 6) is -1.16. The molecule has 5 nitrogen and oxygen atoms in total. The molecule has 0 aromatic carbocycles. The molecule has 0 radical (unpaired) electrons. The van der Waals surface area contributed by atoms with Gasteiger partial charge in [-0.05, 0) is 6.92 Å². The van der Waals surface area contributed by atoms with Crippen molar-refractivity contribution in [3.63, 3.8) is 0 Å². The van der Waals surface area contributed by atoms with Crippen molar-refractivity contribution in [1.29, 1.82) is 0 Å². The summed E-state index contributed by atoms with van der Waals surface area (Å²) < 4.78 is 31.0. The van der Waals surface area contributed by atoms with Crippen molar-refractivity contribution in [3.8, 4) is 0 Å². The monoisotopic (exact) mass is 218 g/mol. The van der Waals surface area contributed by atoms with Crippen LogP contribution in [-0.2, 0) is 36.7 Å². The summed E-state index contributed by atoms with van der Waals surface area (Å²) in [5.41, 5.74) is -0.0994. The molecule has 0 aliphatic rings. The van der Waals surface area contributed by atoms with Gasteiger partial charge < -0.3 is 4.18 Å². The van der Waals surface area contributed by atoms with E-state index in [1.54, 1.807) is 0 Å². The van der Waals surface area contributed by atoms with Gasteiger partial charge in [0.15, 0.2) is 0 Å². The smallest absolute Gasteiger partial charge is 0.321 e. The minimum absolute atomic E-state index is 0. The molecule has 0 aromatic rings. The Morgan fingerprint density at radius 1 is 1.55 bits per heavy atom. The number of carbonyl (C=O) groups excluding carboxylic acids is 1. The summed E-state index contributed by atoms with van der Waals surface area (Å²) in [7, 11) is -4.68. The first-order valence-corrected chi connectivity index (χ1v) is 3.56. The van der Waals surface area contributed by atoms with Crippen molar-refractivity contribution in [2.75, 3.05) is 0 Å². The predicted octanol–water partition coefficient (Wildman–Crippen LogP) is -0.0940. The maximum atomic E-state index is 10.3. The first-order valence-electron chi connectivity index (χ1n) is 2.19. The summed E-state index contributed by atoms with van der Waals surface area (Å²) in [4.78, 5) is 10.3. The minimum atomic E-state index is -4.68. The van der Waals surface area contributed by atoms with E-state index in [-0.39, 0.29) is 22.9 Å². The maximum absolute atomic E-state index is 10.3. The van der Waals surface area contributed by atoms with Gasteiger partial charge in [-0.15, -0.1) is 0 Å². The molecule has 0 aliphatic heterocycles. The number of carbonyl (C=O) groups is 1. The third kappa shape index (κ3) is 7.55. The van der Waals surface area contributed by atoms with Gasteiger partial charge in [-0.1, -0.05) is 6.58 Å². The normalized spacial score (nSPS) is 9.64. The van der Waals surface area contributed by atoms with Crippen LogP contribution < -0.4 is 0 Å². The molecule has 0 saturated heterocycles. The molecular formula is C4H6CrO5S.